The Bertz CT molecular complexity index is 830. The molecule has 28 heavy (non-hydrogen) atoms. The molecule has 0 saturated heterocycles. The lowest BCUT2D eigenvalue weighted by Crippen LogP contribution is -2.28. The molecule has 0 radical (unpaired) electrons. The number of hydrogen-bond acceptors (Lipinski definition) is 4. The minimum atomic E-state index is 0.0105. The van der Waals surface area contributed by atoms with Gasteiger partial charge in [0.15, 0.2) is 0 Å². The van der Waals surface area contributed by atoms with Crippen LogP contribution in [0.15, 0.2) is 36.4 Å². The van der Waals surface area contributed by atoms with E-state index in [1.165, 1.54) is 24.0 Å². The molecular formula is C23H30N4O. The number of anilines is 1. The molecule has 1 N–H and O–H groups in total. The third-order valence-corrected chi connectivity index (χ3v) is 5.70. The zero-order valence-corrected chi connectivity index (χ0v) is 16.9. The Morgan fingerprint density at radius 1 is 1.18 bits per heavy atom. The summed E-state index contributed by atoms with van der Waals surface area (Å²) in [6, 6.07) is 12.7. The van der Waals surface area contributed by atoms with Crippen LogP contribution in [0.2, 0.25) is 0 Å². The van der Waals surface area contributed by atoms with Crippen LogP contribution in [0.5, 0.6) is 0 Å². The van der Waals surface area contributed by atoms with E-state index in [0.29, 0.717) is 11.5 Å². The minimum Gasteiger partial charge on any atom is -0.362 e. The second kappa shape index (κ2) is 8.31. The highest BCUT2D eigenvalue weighted by molar-refractivity contribution is 5.99. The van der Waals surface area contributed by atoms with Gasteiger partial charge in [0.2, 0.25) is 0 Å². The van der Waals surface area contributed by atoms with Crippen molar-refractivity contribution in [1.82, 2.24) is 15.2 Å². The van der Waals surface area contributed by atoms with Crippen molar-refractivity contribution < 1.29 is 4.79 Å². The number of carbonyl (C=O) groups is 1. The highest BCUT2D eigenvalue weighted by atomic mass is 16.1. The highest BCUT2D eigenvalue weighted by Crippen LogP contribution is 2.28. The molecular weight excluding hydrogens is 348 g/mol. The van der Waals surface area contributed by atoms with Crippen molar-refractivity contribution in [2.75, 3.05) is 38.6 Å². The minimum absolute atomic E-state index is 0.0105. The average Bonchev–Trinajstić information content (AvgIpc) is 3.54. The number of fused-ring (bicyclic) bond motifs is 1. The maximum Gasteiger partial charge on any atom is 0.255 e. The van der Waals surface area contributed by atoms with E-state index in [0.717, 1.165) is 50.5 Å². The van der Waals surface area contributed by atoms with Gasteiger partial charge < -0.3 is 10.2 Å². The van der Waals surface area contributed by atoms with Gasteiger partial charge in [-0.05, 0) is 42.4 Å². The molecule has 148 valence electrons. The molecule has 2 aliphatic rings. The van der Waals surface area contributed by atoms with Crippen LogP contribution in [0, 0.1) is 5.92 Å². The monoisotopic (exact) mass is 378 g/mol. The van der Waals surface area contributed by atoms with Crippen LogP contribution in [0.3, 0.4) is 0 Å². The summed E-state index contributed by atoms with van der Waals surface area (Å²) in [4.78, 5) is 22.2. The van der Waals surface area contributed by atoms with Crippen LogP contribution >= 0.6 is 0 Å². The standard InChI is InChI=1S/C23H30N4O/c1-26(2)22-20(23(28)24-15-17-8-9-17)14-19-10-12-27(13-11-21(19)25-22)16-18-6-4-3-5-7-18/h3-7,14,17H,8-13,15-16H2,1-2H3,(H,24,28). The summed E-state index contributed by atoms with van der Waals surface area (Å²) >= 11 is 0. The van der Waals surface area contributed by atoms with Gasteiger partial charge >= 0.3 is 0 Å². The number of carbonyl (C=O) groups excluding carboxylic acids is 1. The summed E-state index contributed by atoms with van der Waals surface area (Å²) in [7, 11) is 3.93. The molecule has 0 bridgehead atoms. The van der Waals surface area contributed by atoms with E-state index < -0.39 is 0 Å². The average molecular weight is 379 g/mol. The fraction of sp³-hybridized carbons (Fsp3) is 0.478. The largest absolute Gasteiger partial charge is 0.362 e. The first-order valence-corrected chi connectivity index (χ1v) is 10.3. The quantitative estimate of drug-likeness (QED) is 0.840. The zero-order valence-electron chi connectivity index (χ0n) is 16.9. The molecule has 1 aliphatic heterocycles. The van der Waals surface area contributed by atoms with Gasteiger partial charge in [-0.25, -0.2) is 4.98 Å². The lowest BCUT2D eigenvalue weighted by atomic mass is 10.0. The number of rotatable bonds is 6. The lowest BCUT2D eigenvalue weighted by Gasteiger charge is -2.19. The zero-order chi connectivity index (χ0) is 19.5. The third kappa shape index (κ3) is 4.53. The van der Waals surface area contributed by atoms with Crippen molar-refractivity contribution >= 4 is 11.7 Å². The number of pyridine rings is 1. The lowest BCUT2D eigenvalue weighted by molar-refractivity contribution is 0.0952. The van der Waals surface area contributed by atoms with E-state index in [9.17, 15) is 4.79 Å². The van der Waals surface area contributed by atoms with Gasteiger partial charge in [-0.1, -0.05) is 30.3 Å². The van der Waals surface area contributed by atoms with E-state index >= 15 is 0 Å². The van der Waals surface area contributed by atoms with Crippen molar-refractivity contribution in [3.63, 3.8) is 0 Å². The fourth-order valence-corrected chi connectivity index (χ4v) is 3.83. The van der Waals surface area contributed by atoms with Crippen molar-refractivity contribution in [2.24, 2.45) is 5.92 Å². The van der Waals surface area contributed by atoms with E-state index in [1.807, 2.05) is 19.0 Å². The summed E-state index contributed by atoms with van der Waals surface area (Å²) in [5, 5.41) is 3.10. The summed E-state index contributed by atoms with van der Waals surface area (Å²) < 4.78 is 0. The summed E-state index contributed by atoms with van der Waals surface area (Å²) in [5.41, 5.74) is 4.41. The predicted molar refractivity (Wildman–Crippen MR) is 113 cm³/mol. The molecule has 1 aromatic heterocycles. The van der Waals surface area contributed by atoms with Crippen molar-refractivity contribution in [2.45, 2.75) is 32.2 Å². The number of amides is 1. The van der Waals surface area contributed by atoms with Gasteiger partial charge in [0, 0.05) is 52.4 Å². The number of hydrogen-bond donors (Lipinski definition) is 1. The normalized spacial score (nSPS) is 16.9. The van der Waals surface area contributed by atoms with Gasteiger partial charge in [-0.2, -0.15) is 0 Å². The first-order valence-electron chi connectivity index (χ1n) is 10.3. The molecule has 5 heteroatoms. The van der Waals surface area contributed by atoms with Crippen LogP contribution in [-0.4, -0.2) is 49.5 Å². The van der Waals surface area contributed by atoms with E-state index in [2.05, 4.69) is 46.6 Å². The molecule has 2 aromatic rings. The topological polar surface area (TPSA) is 48.5 Å². The molecule has 4 rings (SSSR count). The highest BCUT2D eigenvalue weighted by Gasteiger charge is 2.25. The smallest absolute Gasteiger partial charge is 0.255 e. The molecule has 0 spiro atoms. The van der Waals surface area contributed by atoms with Crippen molar-refractivity contribution in [3.05, 3.63) is 58.8 Å². The van der Waals surface area contributed by atoms with Crippen LogP contribution in [-0.2, 0) is 19.4 Å². The van der Waals surface area contributed by atoms with Crippen molar-refractivity contribution in [1.29, 1.82) is 0 Å². The first-order chi connectivity index (χ1) is 13.6. The Morgan fingerprint density at radius 3 is 2.64 bits per heavy atom. The number of nitrogens with zero attached hydrogens (tertiary/aromatic N) is 3. The molecule has 1 aliphatic carbocycles. The Labute approximate surface area is 167 Å². The van der Waals surface area contributed by atoms with E-state index in [-0.39, 0.29) is 5.91 Å². The molecule has 0 atom stereocenters. The number of aromatic nitrogens is 1. The van der Waals surface area contributed by atoms with Gasteiger partial charge in [0.05, 0.1) is 5.56 Å². The van der Waals surface area contributed by atoms with Gasteiger partial charge in [0.1, 0.15) is 5.82 Å². The fourth-order valence-electron chi connectivity index (χ4n) is 3.83. The van der Waals surface area contributed by atoms with Crippen LogP contribution in [0.25, 0.3) is 0 Å². The molecule has 2 heterocycles. The van der Waals surface area contributed by atoms with Gasteiger partial charge in [-0.3, -0.25) is 9.69 Å². The Balaban J connectivity index is 1.51. The summed E-state index contributed by atoms with van der Waals surface area (Å²) in [5.74, 6) is 1.46. The predicted octanol–water partition coefficient (Wildman–Crippen LogP) is 2.89. The Hall–Kier alpha value is -2.40. The van der Waals surface area contributed by atoms with E-state index in [4.69, 9.17) is 4.98 Å². The molecule has 5 nitrogen and oxygen atoms in total. The molecule has 1 aromatic carbocycles. The summed E-state index contributed by atoms with van der Waals surface area (Å²) in [6.45, 7) is 3.74. The first kappa shape index (κ1) is 18.9. The van der Waals surface area contributed by atoms with Crippen LogP contribution in [0.1, 0.15) is 40.0 Å². The Kier molecular flexibility index (Phi) is 5.62. The Morgan fingerprint density at radius 2 is 1.93 bits per heavy atom. The molecule has 1 saturated carbocycles. The number of benzene rings is 1. The van der Waals surface area contributed by atoms with E-state index in [1.54, 1.807) is 0 Å². The second-order valence-corrected chi connectivity index (χ2v) is 8.27. The van der Waals surface area contributed by atoms with Crippen LogP contribution < -0.4 is 10.2 Å². The van der Waals surface area contributed by atoms with Gasteiger partial charge in [-0.15, -0.1) is 0 Å². The summed E-state index contributed by atoms with van der Waals surface area (Å²) in [6.07, 6.45) is 4.33. The molecule has 1 fully saturated rings. The molecule has 0 unspecified atom stereocenters. The SMILES string of the molecule is CN(C)c1nc2c(cc1C(=O)NCC1CC1)CCN(Cc1ccccc1)CC2. The maximum atomic E-state index is 12.8. The molecule has 1 amide bonds. The maximum absolute atomic E-state index is 12.8. The van der Waals surface area contributed by atoms with Gasteiger partial charge in [0.25, 0.3) is 5.91 Å². The second-order valence-electron chi connectivity index (χ2n) is 8.27. The van der Waals surface area contributed by atoms with Crippen molar-refractivity contribution in [3.8, 4) is 0 Å². The van der Waals surface area contributed by atoms with Crippen LogP contribution in [0.4, 0.5) is 5.82 Å². The number of nitrogens with one attached hydrogen (secondary N) is 1. The third-order valence-electron chi connectivity index (χ3n) is 5.70.